The van der Waals surface area contributed by atoms with E-state index in [0.29, 0.717) is 0 Å². The second-order valence-electron chi connectivity index (χ2n) is 5.80. The third kappa shape index (κ3) is 4.52. The topological polar surface area (TPSA) is 50.4 Å². The van der Waals surface area contributed by atoms with Crippen LogP contribution in [0.15, 0.2) is 53.4 Å². The standard InChI is InChI=1S/C19H22N2O2S/c1-23-16-8-4-14(5-9-16)13-24-17-10-6-15(7-11-17)21-19(22)18-3-2-12-20-18/h4-11,18,20H,2-3,12-13H2,1H3,(H,21,22). The highest BCUT2D eigenvalue weighted by Gasteiger charge is 2.21. The summed E-state index contributed by atoms with van der Waals surface area (Å²) in [5.74, 6) is 1.84. The molecule has 0 spiro atoms. The van der Waals surface area contributed by atoms with Gasteiger partial charge in [0.05, 0.1) is 13.2 Å². The van der Waals surface area contributed by atoms with Crippen molar-refractivity contribution in [3.05, 3.63) is 54.1 Å². The zero-order valence-electron chi connectivity index (χ0n) is 13.7. The van der Waals surface area contributed by atoms with Gasteiger partial charge in [-0.1, -0.05) is 12.1 Å². The van der Waals surface area contributed by atoms with Crippen LogP contribution in [0.2, 0.25) is 0 Å². The number of hydrogen-bond acceptors (Lipinski definition) is 4. The van der Waals surface area contributed by atoms with Gasteiger partial charge in [-0.2, -0.15) is 0 Å². The molecule has 2 aromatic rings. The first kappa shape index (κ1) is 16.9. The van der Waals surface area contributed by atoms with Crippen molar-refractivity contribution in [3.63, 3.8) is 0 Å². The lowest BCUT2D eigenvalue weighted by molar-refractivity contribution is -0.117. The molecule has 1 fully saturated rings. The van der Waals surface area contributed by atoms with Gasteiger partial charge >= 0.3 is 0 Å². The van der Waals surface area contributed by atoms with E-state index in [-0.39, 0.29) is 11.9 Å². The number of methoxy groups -OCH3 is 1. The predicted octanol–water partition coefficient (Wildman–Crippen LogP) is 3.68. The van der Waals surface area contributed by atoms with Crippen molar-refractivity contribution in [2.75, 3.05) is 19.0 Å². The van der Waals surface area contributed by atoms with Crippen LogP contribution in [0.4, 0.5) is 5.69 Å². The molecule has 24 heavy (non-hydrogen) atoms. The molecule has 2 aromatic carbocycles. The van der Waals surface area contributed by atoms with Crippen LogP contribution in [0.1, 0.15) is 18.4 Å². The highest BCUT2D eigenvalue weighted by Crippen LogP contribution is 2.25. The van der Waals surface area contributed by atoms with Crippen LogP contribution in [0.25, 0.3) is 0 Å². The van der Waals surface area contributed by atoms with E-state index < -0.39 is 0 Å². The van der Waals surface area contributed by atoms with Gasteiger partial charge in [0.25, 0.3) is 0 Å². The molecule has 0 saturated carbocycles. The number of anilines is 1. The number of nitrogens with one attached hydrogen (secondary N) is 2. The number of benzene rings is 2. The number of carbonyl (C=O) groups excluding carboxylic acids is 1. The highest BCUT2D eigenvalue weighted by molar-refractivity contribution is 7.98. The summed E-state index contributed by atoms with van der Waals surface area (Å²) in [5, 5.41) is 6.18. The van der Waals surface area contributed by atoms with E-state index in [1.807, 2.05) is 36.4 Å². The van der Waals surface area contributed by atoms with Gasteiger partial charge in [0.15, 0.2) is 0 Å². The average molecular weight is 342 g/mol. The minimum Gasteiger partial charge on any atom is -0.497 e. The maximum Gasteiger partial charge on any atom is 0.241 e. The summed E-state index contributed by atoms with van der Waals surface area (Å²) in [6, 6.07) is 16.1. The van der Waals surface area contributed by atoms with Crippen molar-refractivity contribution in [2.45, 2.75) is 29.5 Å². The Balaban J connectivity index is 1.51. The van der Waals surface area contributed by atoms with Gasteiger partial charge in [-0.3, -0.25) is 4.79 Å². The van der Waals surface area contributed by atoms with Gasteiger partial charge in [0.1, 0.15) is 5.75 Å². The molecule has 4 nitrogen and oxygen atoms in total. The van der Waals surface area contributed by atoms with E-state index in [9.17, 15) is 4.79 Å². The number of carbonyl (C=O) groups is 1. The molecule has 1 amide bonds. The first-order valence-corrected chi connectivity index (χ1v) is 9.13. The molecule has 5 heteroatoms. The van der Waals surface area contributed by atoms with Gasteiger partial charge in [-0.15, -0.1) is 11.8 Å². The van der Waals surface area contributed by atoms with E-state index in [4.69, 9.17) is 4.74 Å². The molecule has 1 aliphatic rings. The maximum absolute atomic E-state index is 12.1. The normalized spacial score (nSPS) is 16.8. The number of amides is 1. The lowest BCUT2D eigenvalue weighted by atomic mass is 10.2. The van der Waals surface area contributed by atoms with E-state index in [2.05, 4.69) is 22.8 Å². The summed E-state index contributed by atoms with van der Waals surface area (Å²) in [6.07, 6.45) is 1.99. The molecule has 126 valence electrons. The molecule has 1 atom stereocenters. The number of ether oxygens (including phenoxy) is 1. The second-order valence-corrected chi connectivity index (χ2v) is 6.85. The van der Waals surface area contributed by atoms with Crippen molar-refractivity contribution in [1.82, 2.24) is 5.32 Å². The molecule has 0 bridgehead atoms. The Morgan fingerprint density at radius 3 is 2.58 bits per heavy atom. The molecule has 1 aliphatic heterocycles. The third-order valence-electron chi connectivity index (χ3n) is 4.06. The lowest BCUT2D eigenvalue weighted by Crippen LogP contribution is -2.35. The van der Waals surface area contributed by atoms with Crippen LogP contribution in [-0.2, 0) is 10.5 Å². The van der Waals surface area contributed by atoms with Gasteiger partial charge in [0, 0.05) is 16.3 Å². The van der Waals surface area contributed by atoms with E-state index in [1.165, 1.54) is 10.5 Å². The van der Waals surface area contributed by atoms with E-state index in [1.54, 1.807) is 18.9 Å². The van der Waals surface area contributed by atoms with Crippen molar-refractivity contribution >= 4 is 23.4 Å². The van der Waals surface area contributed by atoms with Crippen molar-refractivity contribution in [3.8, 4) is 5.75 Å². The summed E-state index contributed by atoms with van der Waals surface area (Å²) < 4.78 is 5.17. The van der Waals surface area contributed by atoms with Crippen LogP contribution in [0.5, 0.6) is 5.75 Å². The summed E-state index contributed by atoms with van der Waals surface area (Å²) >= 11 is 1.77. The largest absolute Gasteiger partial charge is 0.497 e. The van der Waals surface area contributed by atoms with Crippen molar-refractivity contribution < 1.29 is 9.53 Å². The molecule has 1 unspecified atom stereocenters. The van der Waals surface area contributed by atoms with Gasteiger partial charge < -0.3 is 15.4 Å². The molecule has 1 heterocycles. The molecule has 1 saturated heterocycles. The van der Waals surface area contributed by atoms with E-state index in [0.717, 1.165) is 36.6 Å². The fourth-order valence-electron chi connectivity index (χ4n) is 2.66. The molecule has 0 aliphatic carbocycles. The quantitative estimate of drug-likeness (QED) is 0.786. The number of rotatable bonds is 6. The summed E-state index contributed by atoms with van der Waals surface area (Å²) in [5.41, 5.74) is 2.10. The zero-order valence-corrected chi connectivity index (χ0v) is 14.6. The summed E-state index contributed by atoms with van der Waals surface area (Å²) in [4.78, 5) is 13.3. The van der Waals surface area contributed by atoms with Crippen LogP contribution in [0, 0.1) is 0 Å². The van der Waals surface area contributed by atoms with Crippen LogP contribution >= 0.6 is 11.8 Å². The Hall–Kier alpha value is -1.98. The van der Waals surface area contributed by atoms with Crippen molar-refractivity contribution in [1.29, 1.82) is 0 Å². The Morgan fingerprint density at radius 1 is 1.21 bits per heavy atom. The smallest absolute Gasteiger partial charge is 0.241 e. The molecule has 3 rings (SSSR count). The Kier molecular flexibility index (Phi) is 5.77. The fourth-order valence-corrected chi connectivity index (χ4v) is 3.51. The molecular weight excluding hydrogens is 320 g/mol. The van der Waals surface area contributed by atoms with Crippen molar-refractivity contribution in [2.24, 2.45) is 0 Å². The Bertz CT molecular complexity index is 665. The second kappa shape index (κ2) is 8.22. The van der Waals surface area contributed by atoms with Gasteiger partial charge in [-0.05, 0) is 61.3 Å². The molecular formula is C19H22N2O2S. The summed E-state index contributed by atoms with van der Waals surface area (Å²) in [6.45, 7) is 0.930. The predicted molar refractivity (Wildman–Crippen MR) is 98.7 cm³/mol. The van der Waals surface area contributed by atoms with Crippen LogP contribution in [-0.4, -0.2) is 25.6 Å². The molecule has 2 N–H and O–H groups in total. The zero-order chi connectivity index (χ0) is 16.8. The van der Waals surface area contributed by atoms with Gasteiger partial charge in [0.2, 0.25) is 5.91 Å². The number of thioether (sulfide) groups is 1. The summed E-state index contributed by atoms with van der Waals surface area (Å²) in [7, 11) is 1.67. The molecule has 0 aromatic heterocycles. The third-order valence-corrected chi connectivity index (χ3v) is 5.15. The first-order chi connectivity index (χ1) is 11.7. The minimum absolute atomic E-state index is 0.0471. The molecule has 0 radical (unpaired) electrons. The minimum atomic E-state index is -0.0471. The Morgan fingerprint density at radius 2 is 1.96 bits per heavy atom. The van der Waals surface area contributed by atoms with E-state index >= 15 is 0 Å². The van der Waals surface area contributed by atoms with Gasteiger partial charge in [-0.25, -0.2) is 0 Å². The number of hydrogen-bond donors (Lipinski definition) is 2. The fraction of sp³-hybridized carbons (Fsp3) is 0.316. The highest BCUT2D eigenvalue weighted by atomic mass is 32.2. The monoisotopic (exact) mass is 342 g/mol. The Labute approximate surface area is 147 Å². The van der Waals surface area contributed by atoms with Crippen LogP contribution in [0.3, 0.4) is 0 Å². The first-order valence-electron chi connectivity index (χ1n) is 8.14. The SMILES string of the molecule is COc1ccc(CSc2ccc(NC(=O)C3CCCN3)cc2)cc1. The maximum atomic E-state index is 12.1. The lowest BCUT2D eigenvalue weighted by Gasteiger charge is -2.11. The average Bonchev–Trinajstić information content (AvgIpc) is 3.16. The van der Waals surface area contributed by atoms with Crippen LogP contribution < -0.4 is 15.4 Å².